The van der Waals surface area contributed by atoms with Gasteiger partial charge in [-0.25, -0.2) is 0 Å². The first-order chi connectivity index (χ1) is 3.81. The summed E-state index contributed by atoms with van der Waals surface area (Å²) in [5.41, 5.74) is 0. The lowest BCUT2D eigenvalue weighted by atomic mass is 9.98. The molecule has 0 saturated heterocycles. The first-order valence-corrected chi connectivity index (χ1v) is 2.80. The summed E-state index contributed by atoms with van der Waals surface area (Å²) < 4.78 is 0. The number of aliphatic hydroxyl groups is 2. The van der Waals surface area contributed by atoms with Crippen LogP contribution in [0.15, 0.2) is 0 Å². The van der Waals surface area contributed by atoms with Crippen LogP contribution in [0.3, 0.4) is 0 Å². The van der Waals surface area contributed by atoms with Gasteiger partial charge in [0.1, 0.15) is 0 Å². The molecular weight excluding hydrogens is 103 g/mol. The Morgan fingerprint density at radius 3 is 2.38 bits per heavy atom. The molecule has 0 aliphatic carbocycles. The van der Waals surface area contributed by atoms with Crippen molar-refractivity contribution in [3.05, 3.63) is 0 Å². The molecule has 0 aromatic heterocycles. The minimum atomic E-state index is -0.412. The summed E-state index contributed by atoms with van der Waals surface area (Å²) in [6.45, 7) is 0.0428. The molecule has 0 fully saturated rings. The maximum atomic E-state index is 8.81. The van der Waals surface area contributed by atoms with Crippen LogP contribution in [-0.4, -0.2) is 30.8 Å². The monoisotopic (exact) mass is 114 g/mol. The van der Waals surface area contributed by atoms with Crippen molar-refractivity contribution < 1.29 is 10.2 Å². The third-order valence-corrected chi connectivity index (χ3v) is 0.962. The molecule has 8 heavy (non-hydrogen) atoms. The van der Waals surface area contributed by atoms with Gasteiger partial charge in [-0.15, -0.1) is 0 Å². The van der Waals surface area contributed by atoms with Gasteiger partial charge in [-0.1, -0.05) is 6.32 Å². The molecule has 2 nitrogen and oxygen atoms in total. The van der Waals surface area contributed by atoms with E-state index in [1.54, 1.807) is 0 Å². The Morgan fingerprint density at radius 2 is 2.00 bits per heavy atom. The molecule has 0 aliphatic heterocycles. The molecule has 0 saturated carbocycles. The lowest BCUT2D eigenvalue weighted by molar-refractivity contribution is 0.130. The first kappa shape index (κ1) is 7.98. The van der Waals surface area contributed by atoms with Gasteiger partial charge >= 0.3 is 0 Å². The Morgan fingerprint density at radius 1 is 1.38 bits per heavy atom. The highest BCUT2D eigenvalue weighted by Gasteiger charge is 1.98. The fourth-order valence-corrected chi connectivity index (χ4v) is 0.486. The molecule has 2 N–H and O–H groups in total. The Balaban J connectivity index is 2.92. The maximum Gasteiger partial charge on any atom is 0.0654 e. The second-order valence-electron chi connectivity index (χ2n) is 1.74. The fraction of sp³-hybridized carbons (Fsp3) is 1.00. The van der Waals surface area contributed by atoms with Gasteiger partial charge in [0.15, 0.2) is 0 Å². The van der Waals surface area contributed by atoms with Crippen LogP contribution >= 0.6 is 0 Å². The molecule has 3 heteroatoms. The third-order valence-electron chi connectivity index (χ3n) is 0.962. The maximum absolute atomic E-state index is 8.81. The Hall–Kier alpha value is -0.0151. The smallest absolute Gasteiger partial charge is 0.0654 e. The Kier molecular flexibility index (Phi) is 5.12. The SMILES string of the molecule is [B]CC[C@@H](O)CCO. The average Bonchev–Trinajstić information content (AvgIpc) is 1.68. The van der Waals surface area contributed by atoms with Gasteiger partial charge in [0.25, 0.3) is 0 Å². The second kappa shape index (κ2) is 5.13. The zero-order chi connectivity index (χ0) is 6.41. The van der Waals surface area contributed by atoms with Crippen molar-refractivity contribution in [3.63, 3.8) is 0 Å². The summed E-state index contributed by atoms with van der Waals surface area (Å²) in [6.07, 6.45) is 1.10. The van der Waals surface area contributed by atoms with E-state index in [2.05, 4.69) is 0 Å². The van der Waals surface area contributed by atoms with E-state index in [9.17, 15) is 0 Å². The first-order valence-electron chi connectivity index (χ1n) is 2.80. The van der Waals surface area contributed by atoms with Gasteiger partial charge in [0.05, 0.1) is 14.0 Å². The van der Waals surface area contributed by atoms with Crippen LogP contribution in [0.4, 0.5) is 0 Å². The van der Waals surface area contributed by atoms with Crippen molar-refractivity contribution in [2.24, 2.45) is 0 Å². The van der Waals surface area contributed by atoms with E-state index in [0.29, 0.717) is 19.2 Å². The highest BCUT2D eigenvalue weighted by molar-refractivity contribution is 6.08. The number of hydrogen-bond acceptors (Lipinski definition) is 2. The average molecular weight is 114 g/mol. The largest absolute Gasteiger partial charge is 0.396 e. The van der Waals surface area contributed by atoms with Gasteiger partial charge in [-0.2, -0.15) is 0 Å². The molecular formula is C5H11BO2. The predicted molar refractivity (Wildman–Crippen MR) is 32.9 cm³/mol. The minimum absolute atomic E-state index is 0.0428. The molecule has 46 valence electrons. The van der Waals surface area contributed by atoms with E-state index >= 15 is 0 Å². The van der Waals surface area contributed by atoms with Crippen molar-refractivity contribution in [1.29, 1.82) is 0 Å². The summed E-state index contributed by atoms with van der Waals surface area (Å²) in [5.74, 6) is 0. The van der Waals surface area contributed by atoms with Crippen molar-refractivity contribution in [3.8, 4) is 0 Å². The molecule has 0 heterocycles. The zero-order valence-electron chi connectivity index (χ0n) is 4.88. The van der Waals surface area contributed by atoms with Crippen LogP contribution in [0.2, 0.25) is 6.32 Å². The van der Waals surface area contributed by atoms with E-state index in [-0.39, 0.29) is 6.61 Å². The molecule has 1 atom stereocenters. The van der Waals surface area contributed by atoms with Gasteiger partial charge in [0, 0.05) is 6.61 Å². The zero-order valence-corrected chi connectivity index (χ0v) is 4.88. The summed E-state index contributed by atoms with van der Waals surface area (Å²) in [7, 11) is 5.12. The molecule has 0 aliphatic rings. The van der Waals surface area contributed by atoms with Gasteiger partial charge in [-0.05, 0) is 12.8 Å². The minimum Gasteiger partial charge on any atom is -0.396 e. The predicted octanol–water partition coefficient (Wildman–Crippen LogP) is -0.293. The quantitative estimate of drug-likeness (QED) is 0.493. The van der Waals surface area contributed by atoms with Crippen LogP contribution in [-0.2, 0) is 0 Å². The lowest BCUT2D eigenvalue weighted by Gasteiger charge is -2.04. The molecule has 0 amide bonds. The van der Waals surface area contributed by atoms with Crippen LogP contribution in [0.5, 0.6) is 0 Å². The molecule has 0 unspecified atom stereocenters. The van der Waals surface area contributed by atoms with E-state index < -0.39 is 6.10 Å². The fourth-order valence-electron chi connectivity index (χ4n) is 0.486. The van der Waals surface area contributed by atoms with Crippen LogP contribution in [0, 0.1) is 0 Å². The number of aliphatic hydroxyl groups excluding tert-OH is 2. The highest BCUT2D eigenvalue weighted by Crippen LogP contribution is 1.97. The summed E-state index contributed by atoms with van der Waals surface area (Å²) >= 11 is 0. The lowest BCUT2D eigenvalue weighted by Crippen LogP contribution is -2.07. The van der Waals surface area contributed by atoms with Gasteiger partial charge in [0.2, 0.25) is 0 Å². The number of rotatable bonds is 4. The Labute approximate surface area is 50.9 Å². The highest BCUT2D eigenvalue weighted by atomic mass is 16.3. The van der Waals surface area contributed by atoms with Crippen molar-refractivity contribution in [2.45, 2.75) is 25.3 Å². The molecule has 0 bridgehead atoms. The molecule has 0 rings (SSSR count). The molecule has 0 aromatic rings. The Bertz CT molecular complexity index is 43.7. The standard InChI is InChI=1S/C5H11BO2/c6-3-1-5(8)2-4-7/h5,7-8H,1-4H2/t5-/m1/s1. The molecule has 0 aromatic carbocycles. The summed E-state index contributed by atoms with van der Waals surface area (Å²) in [6, 6.07) is 0. The number of hydrogen-bond donors (Lipinski definition) is 2. The van der Waals surface area contributed by atoms with Crippen LogP contribution < -0.4 is 0 Å². The second-order valence-corrected chi connectivity index (χ2v) is 1.74. The molecule has 2 radical (unpaired) electrons. The van der Waals surface area contributed by atoms with Crippen LogP contribution in [0.25, 0.3) is 0 Å². The van der Waals surface area contributed by atoms with Crippen LogP contribution in [0.1, 0.15) is 12.8 Å². The summed E-state index contributed by atoms with van der Waals surface area (Å²) in [4.78, 5) is 0. The van der Waals surface area contributed by atoms with Crippen molar-refractivity contribution in [1.82, 2.24) is 0 Å². The topological polar surface area (TPSA) is 40.5 Å². The van der Waals surface area contributed by atoms with Crippen molar-refractivity contribution >= 4 is 7.85 Å². The normalized spacial score (nSPS) is 13.8. The summed E-state index contributed by atoms with van der Waals surface area (Å²) in [5, 5.41) is 17.1. The third kappa shape index (κ3) is 4.15. The molecule has 0 spiro atoms. The van der Waals surface area contributed by atoms with Crippen molar-refractivity contribution in [2.75, 3.05) is 6.61 Å². The van der Waals surface area contributed by atoms with E-state index in [1.807, 2.05) is 0 Å². The van der Waals surface area contributed by atoms with E-state index in [1.165, 1.54) is 0 Å². The van der Waals surface area contributed by atoms with Gasteiger partial charge in [-0.3, -0.25) is 0 Å². The van der Waals surface area contributed by atoms with E-state index in [0.717, 1.165) is 0 Å². The van der Waals surface area contributed by atoms with Gasteiger partial charge < -0.3 is 10.2 Å². The van der Waals surface area contributed by atoms with E-state index in [4.69, 9.17) is 18.1 Å².